The molecule has 3 aromatic rings. The first-order valence-electron chi connectivity index (χ1n) is 6.53. The van der Waals surface area contributed by atoms with Crippen LogP contribution < -0.4 is 10.9 Å². The summed E-state index contributed by atoms with van der Waals surface area (Å²) in [6, 6.07) is 7.79. The third-order valence-electron chi connectivity index (χ3n) is 3.13. The van der Waals surface area contributed by atoms with E-state index in [1.807, 2.05) is 42.8 Å². The van der Waals surface area contributed by atoms with Gasteiger partial charge in [0.15, 0.2) is 0 Å². The van der Waals surface area contributed by atoms with E-state index in [-0.39, 0.29) is 5.56 Å². The molecule has 3 heterocycles. The van der Waals surface area contributed by atoms with Crippen molar-refractivity contribution < 1.29 is 0 Å². The van der Waals surface area contributed by atoms with Crippen molar-refractivity contribution in [3.05, 3.63) is 58.0 Å². The Hall–Kier alpha value is -2.14. The fourth-order valence-electron chi connectivity index (χ4n) is 2.18. The third-order valence-corrected chi connectivity index (χ3v) is 4.01. The van der Waals surface area contributed by atoms with Crippen LogP contribution in [0.2, 0.25) is 0 Å². The summed E-state index contributed by atoms with van der Waals surface area (Å²) >= 11 is 1.59. The second kappa shape index (κ2) is 5.46. The standard InChI is InChI=1S/C15H15N3OS/c1-2-16-14-9-11(3-6-17-14)10-18-7-4-13-12(15(18)19)5-8-20-13/h3-9H,2,10H2,1H3,(H,16,17). The van der Waals surface area contributed by atoms with E-state index in [0.717, 1.165) is 28.0 Å². The van der Waals surface area contributed by atoms with E-state index in [0.29, 0.717) is 6.54 Å². The smallest absolute Gasteiger partial charge is 0.259 e. The normalized spacial score (nSPS) is 10.8. The van der Waals surface area contributed by atoms with Crippen molar-refractivity contribution in [3.63, 3.8) is 0 Å². The van der Waals surface area contributed by atoms with E-state index in [1.165, 1.54) is 0 Å². The van der Waals surface area contributed by atoms with Gasteiger partial charge in [0.1, 0.15) is 5.82 Å². The average molecular weight is 285 g/mol. The summed E-state index contributed by atoms with van der Waals surface area (Å²) in [5, 5.41) is 5.92. The Morgan fingerprint density at radius 3 is 3.10 bits per heavy atom. The minimum Gasteiger partial charge on any atom is -0.370 e. The molecule has 0 radical (unpaired) electrons. The van der Waals surface area contributed by atoms with Crippen molar-refractivity contribution in [2.75, 3.05) is 11.9 Å². The zero-order chi connectivity index (χ0) is 13.9. The van der Waals surface area contributed by atoms with Gasteiger partial charge in [-0.2, -0.15) is 0 Å². The molecule has 0 fully saturated rings. The molecule has 0 aliphatic rings. The van der Waals surface area contributed by atoms with Gasteiger partial charge < -0.3 is 9.88 Å². The summed E-state index contributed by atoms with van der Waals surface area (Å²) in [5.41, 5.74) is 1.12. The van der Waals surface area contributed by atoms with E-state index in [4.69, 9.17) is 0 Å². The number of aromatic nitrogens is 2. The first-order chi connectivity index (χ1) is 9.78. The molecule has 0 aromatic carbocycles. The zero-order valence-electron chi connectivity index (χ0n) is 11.2. The Kier molecular flexibility index (Phi) is 3.52. The van der Waals surface area contributed by atoms with Crippen LogP contribution in [0.15, 0.2) is 46.8 Å². The number of nitrogens with zero attached hydrogens (tertiary/aromatic N) is 2. The maximum atomic E-state index is 12.3. The van der Waals surface area contributed by atoms with Gasteiger partial charge in [0, 0.05) is 23.6 Å². The quantitative estimate of drug-likeness (QED) is 0.801. The molecule has 0 bridgehead atoms. The van der Waals surface area contributed by atoms with Crippen LogP contribution >= 0.6 is 11.3 Å². The lowest BCUT2D eigenvalue weighted by molar-refractivity contribution is 0.767. The zero-order valence-corrected chi connectivity index (χ0v) is 12.0. The molecule has 0 saturated heterocycles. The molecule has 0 unspecified atom stereocenters. The van der Waals surface area contributed by atoms with Gasteiger partial charge in [-0.3, -0.25) is 4.79 Å². The van der Waals surface area contributed by atoms with Gasteiger partial charge in [0.25, 0.3) is 5.56 Å². The summed E-state index contributed by atoms with van der Waals surface area (Å²) in [5.74, 6) is 0.842. The van der Waals surface area contributed by atoms with Crippen molar-refractivity contribution in [1.29, 1.82) is 0 Å². The maximum Gasteiger partial charge on any atom is 0.259 e. The summed E-state index contributed by atoms with van der Waals surface area (Å²) < 4.78 is 2.77. The summed E-state index contributed by atoms with van der Waals surface area (Å²) in [6.45, 7) is 3.42. The number of nitrogens with one attached hydrogen (secondary N) is 1. The van der Waals surface area contributed by atoms with Gasteiger partial charge in [0.05, 0.1) is 11.9 Å². The Bertz CT molecular complexity index is 791. The number of fused-ring (bicyclic) bond motifs is 1. The summed E-state index contributed by atoms with van der Waals surface area (Å²) in [6.07, 6.45) is 3.62. The lowest BCUT2D eigenvalue weighted by atomic mass is 10.2. The molecule has 0 saturated carbocycles. The van der Waals surface area contributed by atoms with Crippen LogP contribution in [0.25, 0.3) is 10.1 Å². The van der Waals surface area contributed by atoms with Gasteiger partial charge >= 0.3 is 0 Å². The molecular formula is C15H15N3OS. The summed E-state index contributed by atoms with van der Waals surface area (Å²) in [4.78, 5) is 16.6. The second-order valence-corrected chi connectivity index (χ2v) is 5.47. The number of pyridine rings is 2. The third kappa shape index (κ3) is 2.44. The first kappa shape index (κ1) is 12.9. The number of anilines is 1. The Labute approximate surface area is 120 Å². The van der Waals surface area contributed by atoms with Crippen LogP contribution in [-0.2, 0) is 6.54 Å². The van der Waals surface area contributed by atoms with E-state index in [1.54, 1.807) is 22.1 Å². The highest BCUT2D eigenvalue weighted by Crippen LogP contribution is 2.16. The molecule has 0 aliphatic heterocycles. The Morgan fingerprint density at radius 1 is 1.35 bits per heavy atom. The summed E-state index contributed by atoms with van der Waals surface area (Å²) in [7, 11) is 0. The molecule has 0 atom stereocenters. The van der Waals surface area contributed by atoms with E-state index in [2.05, 4.69) is 10.3 Å². The average Bonchev–Trinajstić information content (AvgIpc) is 2.92. The molecule has 3 rings (SSSR count). The highest BCUT2D eigenvalue weighted by atomic mass is 32.1. The van der Waals surface area contributed by atoms with Crippen LogP contribution in [0.4, 0.5) is 5.82 Å². The molecule has 20 heavy (non-hydrogen) atoms. The van der Waals surface area contributed by atoms with E-state index in [9.17, 15) is 4.79 Å². The molecular weight excluding hydrogens is 270 g/mol. The molecule has 0 aliphatic carbocycles. The number of rotatable bonds is 4. The van der Waals surface area contributed by atoms with Crippen molar-refractivity contribution in [2.45, 2.75) is 13.5 Å². The van der Waals surface area contributed by atoms with Gasteiger partial charge in [-0.15, -0.1) is 11.3 Å². The van der Waals surface area contributed by atoms with Gasteiger partial charge in [-0.1, -0.05) is 0 Å². The van der Waals surface area contributed by atoms with Gasteiger partial charge in [-0.05, 0) is 42.1 Å². The Balaban J connectivity index is 1.94. The highest BCUT2D eigenvalue weighted by molar-refractivity contribution is 7.17. The van der Waals surface area contributed by atoms with Crippen LogP contribution in [0, 0.1) is 0 Å². The fourth-order valence-corrected chi connectivity index (χ4v) is 2.95. The van der Waals surface area contributed by atoms with Crippen molar-refractivity contribution in [1.82, 2.24) is 9.55 Å². The van der Waals surface area contributed by atoms with Crippen molar-refractivity contribution >= 4 is 27.2 Å². The molecule has 0 amide bonds. The predicted octanol–water partition coefficient (Wildman–Crippen LogP) is 2.94. The van der Waals surface area contributed by atoms with Gasteiger partial charge in [0.2, 0.25) is 0 Å². The Morgan fingerprint density at radius 2 is 2.25 bits per heavy atom. The van der Waals surface area contributed by atoms with E-state index >= 15 is 0 Å². The molecule has 1 N–H and O–H groups in total. The van der Waals surface area contributed by atoms with Crippen LogP contribution in [0.5, 0.6) is 0 Å². The molecule has 3 aromatic heterocycles. The fraction of sp³-hybridized carbons (Fsp3) is 0.200. The van der Waals surface area contributed by atoms with Crippen LogP contribution in [-0.4, -0.2) is 16.1 Å². The number of hydrogen-bond acceptors (Lipinski definition) is 4. The van der Waals surface area contributed by atoms with Crippen molar-refractivity contribution in [3.8, 4) is 0 Å². The molecule has 4 nitrogen and oxygen atoms in total. The first-order valence-corrected chi connectivity index (χ1v) is 7.41. The predicted molar refractivity (Wildman–Crippen MR) is 83.6 cm³/mol. The minimum atomic E-state index is 0.0607. The highest BCUT2D eigenvalue weighted by Gasteiger charge is 2.05. The molecule has 102 valence electrons. The lowest BCUT2D eigenvalue weighted by Crippen LogP contribution is -2.19. The molecule has 5 heteroatoms. The number of thiophene rings is 1. The van der Waals surface area contributed by atoms with Crippen LogP contribution in [0.3, 0.4) is 0 Å². The SMILES string of the molecule is CCNc1cc(Cn2ccc3sccc3c2=O)ccn1. The molecule has 0 spiro atoms. The largest absolute Gasteiger partial charge is 0.370 e. The van der Waals surface area contributed by atoms with Crippen molar-refractivity contribution in [2.24, 2.45) is 0 Å². The second-order valence-electron chi connectivity index (χ2n) is 4.53. The van der Waals surface area contributed by atoms with Crippen LogP contribution in [0.1, 0.15) is 12.5 Å². The monoisotopic (exact) mass is 285 g/mol. The number of hydrogen-bond donors (Lipinski definition) is 1. The topological polar surface area (TPSA) is 46.9 Å². The minimum absolute atomic E-state index is 0.0607. The van der Waals surface area contributed by atoms with Gasteiger partial charge in [-0.25, -0.2) is 4.98 Å². The lowest BCUT2D eigenvalue weighted by Gasteiger charge is -2.08. The van der Waals surface area contributed by atoms with E-state index < -0.39 is 0 Å². The maximum absolute atomic E-state index is 12.3.